The van der Waals surface area contributed by atoms with Crippen LogP contribution in [-0.4, -0.2) is 37.3 Å². The molecule has 1 aliphatic rings. The second kappa shape index (κ2) is 5.84. The van der Waals surface area contributed by atoms with Crippen LogP contribution in [0.25, 0.3) is 0 Å². The van der Waals surface area contributed by atoms with E-state index in [9.17, 15) is 0 Å². The van der Waals surface area contributed by atoms with Gasteiger partial charge < -0.3 is 10.1 Å². The molecule has 0 aromatic heterocycles. The number of hydrogen-bond donors (Lipinski definition) is 1. The van der Waals surface area contributed by atoms with Gasteiger partial charge in [-0.1, -0.05) is 0 Å². The summed E-state index contributed by atoms with van der Waals surface area (Å²) in [4.78, 5) is 0. The van der Waals surface area contributed by atoms with E-state index in [0.717, 1.165) is 13.2 Å². The lowest BCUT2D eigenvalue weighted by atomic mass is 10.0. The molecule has 1 N–H and O–H groups in total. The topological polar surface area (TPSA) is 21.3 Å². The van der Waals surface area contributed by atoms with Gasteiger partial charge in [-0.05, 0) is 26.0 Å². The zero-order valence-corrected chi connectivity index (χ0v) is 8.82. The normalized spacial score (nSPS) is 30.5. The average Bonchev–Trinajstić information content (AvgIpc) is 2.05. The van der Waals surface area contributed by atoms with E-state index in [2.05, 4.69) is 18.5 Å². The summed E-state index contributed by atoms with van der Waals surface area (Å²) in [6.45, 7) is 4.22. The number of ether oxygens (including phenoxy) is 1. The summed E-state index contributed by atoms with van der Waals surface area (Å²) in [5.41, 5.74) is 0. The predicted octanol–water partition coefficient (Wildman–Crippen LogP) is 1.51. The van der Waals surface area contributed by atoms with Crippen molar-refractivity contribution in [2.24, 2.45) is 0 Å². The van der Waals surface area contributed by atoms with Gasteiger partial charge in [0.05, 0.1) is 6.10 Å². The minimum Gasteiger partial charge on any atom is -0.378 e. The van der Waals surface area contributed by atoms with Crippen LogP contribution in [0.5, 0.6) is 0 Å². The maximum absolute atomic E-state index is 5.47. The molecule has 0 aliphatic carbocycles. The van der Waals surface area contributed by atoms with Crippen LogP contribution < -0.4 is 5.32 Å². The predicted molar refractivity (Wildman–Crippen MR) is 54.8 cm³/mol. The van der Waals surface area contributed by atoms with Crippen LogP contribution in [0.1, 0.15) is 19.8 Å². The van der Waals surface area contributed by atoms with Crippen LogP contribution in [0.15, 0.2) is 0 Å². The maximum Gasteiger partial charge on any atom is 0.0561 e. The quantitative estimate of drug-likeness (QED) is 0.677. The Morgan fingerprint density at radius 1 is 1.58 bits per heavy atom. The summed E-state index contributed by atoms with van der Waals surface area (Å²) in [6.07, 6.45) is 4.95. The first-order chi connectivity index (χ1) is 5.83. The number of thioether (sulfide) groups is 1. The van der Waals surface area contributed by atoms with Crippen molar-refractivity contribution in [1.29, 1.82) is 0 Å². The Hall–Kier alpha value is 0.270. The Bertz CT molecular complexity index is 121. The molecule has 0 spiro atoms. The lowest BCUT2D eigenvalue weighted by Crippen LogP contribution is -2.38. The molecule has 72 valence electrons. The smallest absolute Gasteiger partial charge is 0.0561 e. The van der Waals surface area contributed by atoms with Crippen molar-refractivity contribution in [3.05, 3.63) is 0 Å². The van der Waals surface area contributed by atoms with Gasteiger partial charge in [0.2, 0.25) is 0 Å². The van der Waals surface area contributed by atoms with Gasteiger partial charge in [-0.3, -0.25) is 0 Å². The number of hydrogen-bond acceptors (Lipinski definition) is 3. The minimum absolute atomic E-state index is 0.450. The Kier molecular flexibility index (Phi) is 5.04. The fourth-order valence-corrected chi connectivity index (χ4v) is 1.87. The second-order valence-corrected chi connectivity index (χ2v) is 4.34. The molecule has 0 saturated carbocycles. The second-order valence-electron chi connectivity index (χ2n) is 3.35. The molecule has 2 unspecified atom stereocenters. The third-order valence-electron chi connectivity index (χ3n) is 2.22. The van der Waals surface area contributed by atoms with Crippen LogP contribution in [0.4, 0.5) is 0 Å². The largest absolute Gasteiger partial charge is 0.378 e. The Labute approximate surface area is 79.4 Å². The van der Waals surface area contributed by atoms with Crippen molar-refractivity contribution >= 4 is 11.8 Å². The van der Waals surface area contributed by atoms with Gasteiger partial charge in [0.1, 0.15) is 0 Å². The molecule has 2 nitrogen and oxygen atoms in total. The molecular formula is C9H19NOS. The van der Waals surface area contributed by atoms with E-state index in [1.807, 2.05) is 11.8 Å². The van der Waals surface area contributed by atoms with Crippen molar-refractivity contribution in [2.45, 2.75) is 31.9 Å². The molecule has 3 heteroatoms. The summed E-state index contributed by atoms with van der Waals surface area (Å²) < 4.78 is 5.47. The molecule has 0 aromatic rings. The van der Waals surface area contributed by atoms with Crippen molar-refractivity contribution in [3.63, 3.8) is 0 Å². The zero-order chi connectivity index (χ0) is 8.81. The van der Waals surface area contributed by atoms with Crippen LogP contribution in [-0.2, 0) is 4.74 Å². The summed E-state index contributed by atoms with van der Waals surface area (Å²) in [6, 6.07) is 0.695. The van der Waals surface area contributed by atoms with Gasteiger partial charge in [-0.15, -0.1) is 0 Å². The monoisotopic (exact) mass is 189 g/mol. The molecule has 1 saturated heterocycles. The van der Waals surface area contributed by atoms with Gasteiger partial charge >= 0.3 is 0 Å². The van der Waals surface area contributed by atoms with Crippen molar-refractivity contribution in [2.75, 3.05) is 25.2 Å². The molecule has 1 aliphatic heterocycles. The van der Waals surface area contributed by atoms with E-state index in [-0.39, 0.29) is 0 Å². The standard InChI is InChI=1S/C9H19NOS/c1-8-7-9(3-5-11-8)10-4-6-12-2/h8-10H,3-7H2,1-2H3. The molecule has 1 rings (SSSR count). The van der Waals surface area contributed by atoms with E-state index in [1.165, 1.54) is 18.6 Å². The van der Waals surface area contributed by atoms with Crippen molar-refractivity contribution in [1.82, 2.24) is 5.32 Å². The highest BCUT2D eigenvalue weighted by atomic mass is 32.2. The third kappa shape index (κ3) is 3.78. The SMILES string of the molecule is CSCCNC1CCOC(C)C1. The highest BCUT2D eigenvalue weighted by molar-refractivity contribution is 7.98. The maximum atomic E-state index is 5.47. The Balaban J connectivity index is 2.06. The van der Waals surface area contributed by atoms with Gasteiger partial charge in [-0.25, -0.2) is 0 Å². The molecule has 12 heavy (non-hydrogen) atoms. The first kappa shape index (κ1) is 10.4. The van der Waals surface area contributed by atoms with Crippen molar-refractivity contribution in [3.8, 4) is 0 Å². The van der Waals surface area contributed by atoms with Gasteiger partial charge in [0, 0.05) is 24.9 Å². The molecule has 0 radical (unpaired) electrons. The van der Waals surface area contributed by atoms with Crippen LogP contribution >= 0.6 is 11.8 Å². The molecule has 0 aromatic carbocycles. The van der Waals surface area contributed by atoms with Gasteiger partial charge in [0.15, 0.2) is 0 Å². The summed E-state index contributed by atoms with van der Waals surface area (Å²) in [5.74, 6) is 1.21. The molecule has 1 fully saturated rings. The van der Waals surface area contributed by atoms with Gasteiger partial charge in [-0.2, -0.15) is 11.8 Å². The summed E-state index contributed by atoms with van der Waals surface area (Å²) in [5, 5.41) is 3.55. The third-order valence-corrected chi connectivity index (χ3v) is 2.84. The number of nitrogens with one attached hydrogen (secondary N) is 1. The molecule has 2 atom stereocenters. The molecule has 0 bridgehead atoms. The lowest BCUT2D eigenvalue weighted by molar-refractivity contribution is 0.0138. The summed E-state index contributed by atoms with van der Waals surface area (Å²) in [7, 11) is 0. The highest BCUT2D eigenvalue weighted by Crippen LogP contribution is 2.12. The lowest BCUT2D eigenvalue weighted by Gasteiger charge is -2.27. The van der Waals surface area contributed by atoms with Crippen LogP contribution in [0, 0.1) is 0 Å². The fourth-order valence-electron chi connectivity index (χ4n) is 1.55. The van der Waals surface area contributed by atoms with Crippen LogP contribution in [0.3, 0.4) is 0 Å². The molecular weight excluding hydrogens is 170 g/mol. The highest BCUT2D eigenvalue weighted by Gasteiger charge is 2.17. The zero-order valence-electron chi connectivity index (χ0n) is 8.01. The molecule has 0 amide bonds. The summed E-state index contributed by atoms with van der Waals surface area (Å²) >= 11 is 1.90. The fraction of sp³-hybridized carbons (Fsp3) is 1.00. The molecule has 1 heterocycles. The van der Waals surface area contributed by atoms with E-state index in [0.29, 0.717) is 12.1 Å². The van der Waals surface area contributed by atoms with E-state index >= 15 is 0 Å². The van der Waals surface area contributed by atoms with Crippen molar-refractivity contribution < 1.29 is 4.74 Å². The van der Waals surface area contributed by atoms with Gasteiger partial charge in [0.25, 0.3) is 0 Å². The van der Waals surface area contributed by atoms with E-state index in [4.69, 9.17) is 4.74 Å². The number of rotatable bonds is 4. The Morgan fingerprint density at radius 3 is 3.08 bits per heavy atom. The first-order valence-electron chi connectivity index (χ1n) is 4.67. The average molecular weight is 189 g/mol. The Morgan fingerprint density at radius 2 is 2.42 bits per heavy atom. The first-order valence-corrected chi connectivity index (χ1v) is 6.06. The van der Waals surface area contributed by atoms with Crippen LogP contribution in [0.2, 0.25) is 0 Å². The van der Waals surface area contributed by atoms with E-state index in [1.54, 1.807) is 0 Å². The minimum atomic E-state index is 0.450. The van der Waals surface area contributed by atoms with E-state index < -0.39 is 0 Å².